The number of aromatic amines is 1. The van der Waals surface area contributed by atoms with Crippen LogP contribution in [0.3, 0.4) is 0 Å². The van der Waals surface area contributed by atoms with Gasteiger partial charge >= 0.3 is 0 Å². The van der Waals surface area contributed by atoms with Gasteiger partial charge in [-0.05, 0) is 24.7 Å². The predicted octanol–water partition coefficient (Wildman–Crippen LogP) is 2.35. The van der Waals surface area contributed by atoms with Crippen molar-refractivity contribution in [1.29, 1.82) is 0 Å². The van der Waals surface area contributed by atoms with Crippen LogP contribution in [0.1, 0.15) is 6.92 Å². The third-order valence-electron chi connectivity index (χ3n) is 2.97. The molecule has 1 N–H and O–H groups in total. The molecule has 18 heavy (non-hydrogen) atoms. The van der Waals surface area contributed by atoms with Crippen molar-refractivity contribution < 1.29 is 4.74 Å². The number of rotatable bonds is 1. The molecule has 92 valence electrons. The lowest BCUT2D eigenvalue weighted by Crippen LogP contribution is -2.14. The molecular weight excluding hydrogens is 248 g/mol. The van der Waals surface area contributed by atoms with Gasteiger partial charge in [-0.3, -0.25) is 14.3 Å². The molecule has 1 aliphatic rings. The number of ether oxygens (including phenoxy) is 1. The Labute approximate surface area is 109 Å². The highest BCUT2D eigenvalue weighted by Gasteiger charge is 2.25. The van der Waals surface area contributed by atoms with Gasteiger partial charge in [0.25, 0.3) is 5.56 Å². The lowest BCUT2D eigenvalue weighted by atomic mass is 10.1. The average Bonchev–Trinajstić information content (AvgIpc) is 2.72. The number of nitrogens with zero attached hydrogens (tertiary/aromatic N) is 1. The molecule has 0 amide bonds. The van der Waals surface area contributed by atoms with E-state index in [1.165, 1.54) is 0 Å². The van der Waals surface area contributed by atoms with Gasteiger partial charge in [0.1, 0.15) is 11.7 Å². The van der Waals surface area contributed by atoms with Crippen LogP contribution in [0.15, 0.2) is 35.1 Å². The van der Waals surface area contributed by atoms with Gasteiger partial charge in [0.2, 0.25) is 5.88 Å². The molecule has 0 bridgehead atoms. The zero-order valence-electron chi connectivity index (χ0n) is 9.84. The normalized spacial score (nSPS) is 17.3. The molecule has 0 saturated carbocycles. The molecule has 0 aliphatic carbocycles. The molecule has 0 unspecified atom stereocenters. The van der Waals surface area contributed by atoms with Crippen molar-refractivity contribution >= 4 is 12.2 Å². The minimum Gasteiger partial charge on any atom is -0.473 e. The second kappa shape index (κ2) is 4.10. The summed E-state index contributed by atoms with van der Waals surface area (Å²) < 4.78 is 7.98. The Bertz CT molecular complexity index is 703. The summed E-state index contributed by atoms with van der Waals surface area (Å²) in [5.41, 5.74) is 1.19. The van der Waals surface area contributed by atoms with Gasteiger partial charge in [-0.25, -0.2) is 0 Å². The third kappa shape index (κ3) is 1.67. The molecule has 4 nitrogen and oxygen atoms in total. The minimum absolute atomic E-state index is 0.0318. The molecule has 0 spiro atoms. The van der Waals surface area contributed by atoms with Gasteiger partial charge in [-0.2, -0.15) is 0 Å². The second-order valence-electron chi connectivity index (χ2n) is 4.34. The van der Waals surface area contributed by atoms with E-state index in [4.69, 9.17) is 17.0 Å². The molecule has 3 rings (SSSR count). The van der Waals surface area contributed by atoms with Crippen molar-refractivity contribution in [2.75, 3.05) is 0 Å². The topological polar surface area (TPSA) is 47.0 Å². The Morgan fingerprint density at radius 1 is 1.39 bits per heavy atom. The summed E-state index contributed by atoms with van der Waals surface area (Å²) in [6, 6.07) is 9.48. The Kier molecular flexibility index (Phi) is 2.56. The van der Waals surface area contributed by atoms with Crippen LogP contribution in [0.25, 0.3) is 11.1 Å². The number of aromatic nitrogens is 2. The maximum absolute atomic E-state index is 12.1. The fraction of sp³-hybridized carbons (Fsp3) is 0.231. The Balaban J connectivity index is 2.32. The smallest absolute Gasteiger partial charge is 0.263 e. The molecule has 1 aliphatic heterocycles. The molecule has 1 aromatic heterocycles. The molecule has 0 saturated heterocycles. The van der Waals surface area contributed by atoms with Gasteiger partial charge in [-0.1, -0.05) is 30.3 Å². The van der Waals surface area contributed by atoms with Crippen molar-refractivity contribution in [2.24, 2.45) is 0 Å². The zero-order valence-corrected chi connectivity index (χ0v) is 10.7. The fourth-order valence-corrected chi connectivity index (χ4v) is 2.43. The van der Waals surface area contributed by atoms with E-state index in [2.05, 4.69) is 4.98 Å². The van der Waals surface area contributed by atoms with Crippen LogP contribution in [0.2, 0.25) is 0 Å². The summed E-state index contributed by atoms with van der Waals surface area (Å²) in [6.45, 7) is 2.63. The molecule has 2 heterocycles. The summed E-state index contributed by atoms with van der Waals surface area (Å²) in [7, 11) is 0. The predicted molar refractivity (Wildman–Crippen MR) is 71.4 cm³/mol. The molecular formula is C13H12N2O2S. The maximum atomic E-state index is 12.1. The lowest BCUT2D eigenvalue weighted by molar-refractivity contribution is 0.255. The van der Waals surface area contributed by atoms with Gasteiger partial charge < -0.3 is 4.74 Å². The zero-order chi connectivity index (χ0) is 12.7. The molecule has 0 fully saturated rings. The van der Waals surface area contributed by atoms with Crippen molar-refractivity contribution in [3.05, 3.63) is 45.5 Å². The van der Waals surface area contributed by atoms with E-state index in [1.54, 1.807) is 0 Å². The van der Waals surface area contributed by atoms with Crippen LogP contribution in [0.5, 0.6) is 5.88 Å². The van der Waals surface area contributed by atoms with Gasteiger partial charge in [0.05, 0.1) is 6.54 Å². The first kappa shape index (κ1) is 11.2. The fourth-order valence-electron chi connectivity index (χ4n) is 2.18. The van der Waals surface area contributed by atoms with Crippen LogP contribution < -0.4 is 10.3 Å². The average molecular weight is 260 g/mol. The Morgan fingerprint density at radius 2 is 2.11 bits per heavy atom. The standard InChI is InChI=1S/C13H12N2O2S/c1-8-7-15-12(17-8)10(11(16)14-13(15)18)9-5-3-2-4-6-9/h2-6,8H,7H2,1H3,(H,14,16,18)/t8-/m0/s1. The first-order valence-electron chi connectivity index (χ1n) is 5.76. The van der Waals surface area contributed by atoms with Gasteiger partial charge in [-0.15, -0.1) is 0 Å². The van der Waals surface area contributed by atoms with Crippen molar-refractivity contribution in [3.63, 3.8) is 0 Å². The highest BCUT2D eigenvalue weighted by atomic mass is 32.1. The summed E-state index contributed by atoms with van der Waals surface area (Å²) in [6.07, 6.45) is 0.0318. The number of benzene rings is 1. The maximum Gasteiger partial charge on any atom is 0.263 e. The van der Waals surface area contributed by atoms with Crippen molar-refractivity contribution in [2.45, 2.75) is 19.6 Å². The first-order chi connectivity index (χ1) is 8.66. The number of nitrogens with one attached hydrogen (secondary N) is 1. The van der Waals surface area contributed by atoms with Gasteiger partial charge in [0, 0.05) is 0 Å². The summed E-state index contributed by atoms with van der Waals surface area (Å²) in [5.74, 6) is 0.572. The summed E-state index contributed by atoms with van der Waals surface area (Å²) in [5, 5.41) is 0. The molecule has 0 radical (unpaired) electrons. The number of fused-ring (bicyclic) bond motifs is 1. The van der Waals surface area contributed by atoms with Crippen molar-refractivity contribution in [3.8, 4) is 17.0 Å². The Hall–Kier alpha value is -1.88. The second-order valence-corrected chi connectivity index (χ2v) is 4.73. The van der Waals surface area contributed by atoms with Crippen LogP contribution >= 0.6 is 12.2 Å². The highest BCUT2D eigenvalue weighted by molar-refractivity contribution is 7.71. The molecule has 1 aromatic carbocycles. The highest BCUT2D eigenvalue weighted by Crippen LogP contribution is 2.31. The van der Waals surface area contributed by atoms with E-state index >= 15 is 0 Å². The van der Waals surface area contributed by atoms with E-state index in [1.807, 2.05) is 41.8 Å². The molecule has 1 atom stereocenters. The van der Waals surface area contributed by atoms with E-state index < -0.39 is 0 Å². The largest absolute Gasteiger partial charge is 0.473 e. The first-order valence-corrected chi connectivity index (χ1v) is 6.17. The van der Waals surface area contributed by atoms with Crippen LogP contribution in [-0.4, -0.2) is 15.7 Å². The van der Waals surface area contributed by atoms with Crippen LogP contribution in [-0.2, 0) is 6.54 Å². The monoisotopic (exact) mass is 260 g/mol. The summed E-state index contributed by atoms with van der Waals surface area (Å²) in [4.78, 5) is 14.8. The number of hydrogen-bond donors (Lipinski definition) is 1. The number of H-pyrrole nitrogens is 1. The Morgan fingerprint density at radius 3 is 2.83 bits per heavy atom. The quantitative estimate of drug-likeness (QED) is 0.801. The van der Waals surface area contributed by atoms with Crippen molar-refractivity contribution in [1.82, 2.24) is 9.55 Å². The minimum atomic E-state index is -0.202. The van der Waals surface area contributed by atoms with Gasteiger partial charge in [0.15, 0.2) is 4.77 Å². The molecule has 2 aromatic rings. The van der Waals surface area contributed by atoms with Crippen LogP contribution in [0, 0.1) is 4.77 Å². The molecule has 5 heteroatoms. The van der Waals surface area contributed by atoms with E-state index in [0.717, 1.165) is 5.56 Å². The number of hydrogen-bond acceptors (Lipinski definition) is 3. The van der Waals surface area contributed by atoms with E-state index in [9.17, 15) is 4.79 Å². The van der Waals surface area contributed by atoms with E-state index in [0.29, 0.717) is 22.8 Å². The lowest BCUT2D eigenvalue weighted by Gasteiger charge is -2.08. The SMILES string of the molecule is C[C@H]1Cn2c(c(-c3ccccc3)c(=O)[nH]c2=S)O1. The van der Waals surface area contributed by atoms with E-state index in [-0.39, 0.29) is 11.7 Å². The summed E-state index contributed by atoms with van der Waals surface area (Å²) >= 11 is 5.16. The third-order valence-corrected chi connectivity index (χ3v) is 3.29. The van der Waals surface area contributed by atoms with Crippen LogP contribution in [0.4, 0.5) is 0 Å².